The van der Waals surface area contributed by atoms with Crippen LogP contribution >= 0.6 is 12.2 Å². The standard InChI is InChI=1S/C19H20F2N2S/c1-13-5-4-6-14(11-13)19(9-2-3-10-19)23-18(24)22-15-7-8-16(20)17(21)12-15/h4-8,11-12H,2-3,9-10H2,1H3,(H2,22,23,24). The smallest absolute Gasteiger partial charge is 0.171 e. The fourth-order valence-electron chi connectivity index (χ4n) is 3.36. The van der Waals surface area contributed by atoms with Crippen LogP contribution in [0.25, 0.3) is 0 Å². The predicted octanol–water partition coefficient (Wildman–Crippen LogP) is 5.03. The molecule has 0 heterocycles. The van der Waals surface area contributed by atoms with Crippen LogP contribution in [0.3, 0.4) is 0 Å². The minimum atomic E-state index is -0.892. The van der Waals surface area contributed by atoms with Crippen molar-refractivity contribution in [3.05, 3.63) is 65.2 Å². The van der Waals surface area contributed by atoms with Crippen LogP contribution in [0.1, 0.15) is 36.8 Å². The number of halogens is 2. The van der Waals surface area contributed by atoms with Crippen molar-refractivity contribution >= 4 is 23.0 Å². The van der Waals surface area contributed by atoms with Crippen molar-refractivity contribution in [2.45, 2.75) is 38.1 Å². The Labute approximate surface area is 146 Å². The molecule has 0 spiro atoms. The van der Waals surface area contributed by atoms with E-state index in [1.165, 1.54) is 17.2 Å². The summed E-state index contributed by atoms with van der Waals surface area (Å²) >= 11 is 5.42. The van der Waals surface area contributed by atoms with Gasteiger partial charge in [0.2, 0.25) is 0 Å². The highest BCUT2D eigenvalue weighted by Crippen LogP contribution is 2.39. The topological polar surface area (TPSA) is 24.1 Å². The van der Waals surface area contributed by atoms with Crippen molar-refractivity contribution in [2.24, 2.45) is 0 Å². The summed E-state index contributed by atoms with van der Waals surface area (Å²) in [5.74, 6) is -1.76. The molecule has 1 saturated carbocycles. The van der Waals surface area contributed by atoms with E-state index in [1.54, 1.807) is 0 Å². The zero-order chi connectivity index (χ0) is 17.2. The highest BCUT2D eigenvalue weighted by atomic mass is 32.1. The second-order valence-corrected chi connectivity index (χ2v) is 6.77. The van der Waals surface area contributed by atoms with Gasteiger partial charge >= 0.3 is 0 Å². The number of aryl methyl sites for hydroxylation is 1. The quantitative estimate of drug-likeness (QED) is 0.762. The summed E-state index contributed by atoms with van der Waals surface area (Å²) in [6, 6.07) is 12.1. The molecule has 24 heavy (non-hydrogen) atoms. The van der Waals surface area contributed by atoms with Crippen molar-refractivity contribution < 1.29 is 8.78 Å². The molecule has 5 heteroatoms. The molecule has 0 unspecified atom stereocenters. The molecule has 0 atom stereocenters. The van der Waals surface area contributed by atoms with Crippen LogP contribution in [0.4, 0.5) is 14.5 Å². The van der Waals surface area contributed by atoms with Gasteiger partial charge in [-0.05, 0) is 49.7 Å². The van der Waals surface area contributed by atoms with Crippen LogP contribution in [-0.2, 0) is 5.54 Å². The third-order valence-electron chi connectivity index (χ3n) is 4.56. The molecule has 0 saturated heterocycles. The van der Waals surface area contributed by atoms with Gasteiger partial charge in [-0.25, -0.2) is 8.78 Å². The fraction of sp³-hybridized carbons (Fsp3) is 0.316. The first-order valence-corrected chi connectivity index (χ1v) is 8.51. The predicted molar refractivity (Wildman–Crippen MR) is 97.0 cm³/mol. The molecule has 0 bridgehead atoms. The molecule has 2 nitrogen and oxygen atoms in total. The Hall–Kier alpha value is -2.01. The maximum Gasteiger partial charge on any atom is 0.171 e. The molecule has 2 aromatic carbocycles. The van der Waals surface area contributed by atoms with E-state index in [4.69, 9.17) is 12.2 Å². The van der Waals surface area contributed by atoms with E-state index in [-0.39, 0.29) is 5.54 Å². The second kappa shape index (κ2) is 6.85. The van der Waals surface area contributed by atoms with Gasteiger partial charge in [-0.2, -0.15) is 0 Å². The number of hydrogen-bond acceptors (Lipinski definition) is 1. The van der Waals surface area contributed by atoms with Gasteiger partial charge in [-0.15, -0.1) is 0 Å². The number of thiocarbonyl (C=S) groups is 1. The minimum Gasteiger partial charge on any atom is -0.353 e. The van der Waals surface area contributed by atoms with Gasteiger partial charge in [0.15, 0.2) is 16.7 Å². The molecule has 1 fully saturated rings. The first-order chi connectivity index (χ1) is 11.5. The summed E-state index contributed by atoms with van der Waals surface area (Å²) in [5.41, 5.74) is 2.66. The minimum absolute atomic E-state index is 0.200. The second-order valence-electron chi connectivity index (χ2n) is 6.37. The lowest BCUT2D eigenvalue weighted by molar-refractivity contribution is 0.408. The van der Waals surface area contributed by atoms with E-state index >= 15 is 0 Å². The third-order valence-corrected chi connectivity index (χ3v) is 4.76. The van der Waals surface area contributed by atoms with Crippen molar-refractivity contribution in [1.29, 1.82) is 0 Å². The molecule has 1 aliphatic carbocycles. The number of nitrogens with one attached hydrogen (secondary N) is 2. The number of anilines is 1. The Balaban J connectivity index is 1.78. The Kier molecular flexibility index (Phi) is 4.81. The van der Waals surface area contributed by atoms with E-state index in [1.807, 2.05) is 0 Å². The summed E-state index contributed by atoms with van der Waals surface area (Å²) in [6.07, 6.45) is 4.26. The van der Waals surface area contributed by atoms with E-state index in [9.17, 15) is 8.78 Å². The van der Waals surface area contributed by atoms with Gasteiger partial charge in [0, 0.05) is 11.8 Å². The lowest BCUT2D eigenvalue weighted by Crippen LogP contribution is -2.45. The number of benzene rings is 2. The van der Waals surface area contributed by atoms with Gasteiger partial charge in [-0.1, -0.05) is 42.7 Å². The van der Waals surface area contributed by atoms with Crippen LogP contribution in [-0.4, -0.2) is 5.11 Å². The normalized spacial score (nSPS) is 16.0. The number of rotatable bonds is 3. The highest BCUT2D eigenvalue weighted by Gasteiger charge is 2.36. The van der Waals surface area contributed by atoms with Crippen LogP contribution in [0.5, 0.6) is 0 Å². The summed E-state index contributed by atoms with van der Waals surface area (Å²) in [5, 5.41) is 6.80. The van der Waals surface area contributed by atoms with Crippen molar-refractivity contribution in [1.82, 2.24) is 5.32 Å². The Bertz CT molecular complexity index is 755. The first-order valence-electron chi connectivity index (χ1n) is 8.10. The SMILES string of the molecule is Cc1cccc(C2(NC(=S)Nc3ccc(F)c(F)c3)CCCC2)c1. The van der Waals surface area contributed by atoms with E-state index in [0.29, 0.717) is 10.8 Å². The zero-order valence-electron chi connectivity index (χ0n) is 13.5. The van der Waals surface area contributed by atoms with Gasteiger partial charge in [0.05, 0.1) is 5.54 Å². The van der Waals surface area contributed by atoms with Crippen LogP contribution in [0.15, 0.2) is 42.5 Å². The molecule has 2 aromatic rings. The fourth-order valence-corrected chi connectivity index (χ4v) is 3.67. The monoisotopic (exact) mass is 346 g/mol. The summed E-state index contributed by atoms with van der Waals surface area (Å²) in [4.78, 5) is 0. The molecule has 126 valence electrons. The molecule has 3 rings (SSSR count). The molecule has 0 aliphatic heterocycles. The molecule has 0 aromatic heterocycles. The van der Waals surface area contributed by atoms with Crippen molar-refractivity contribution in [3.8, 4) is 0 Å². The van der Waals surface area contributed by atoms with Crippen LogP contribution in [0.2, 0.25) is 0 Å². The van der Waals surface area contributed by atoms with E-state index in [2.05, 4.69) is 41.8 Å². The molecular formula is C19H20F2N2S. The molecule has 2 N–H and O–H groups in total. The maximum absolute atomic E-state index is 13.3. The highest BCUT2D eigenvalue weighted by molar-refractivity contribution is 7.80. The van der Waals surface area contributed by atoms with Crippen LogP contribution < -0.4 is 10.6 Å². The zero-order valence-corrected chi connectivity index (χ0v) is 14.4. The average molecular weight is 346 g/mol. The summed E-state index contributed by atoms with van der Waals surface area (Å²) in [6.45, 7) is 2.07. The summed E-state index contributed by atoms with van der Waals surface area (Å²) in [7, 11) is 0. The molecule has 1 aliphatic rings. The van der Waals surface area contributed by atoms with Gasteiger partial charge in [-0.3, -0.25) is 0 Å². The summed E-state index contributed by atoms with van der Waals surface area (Å²) < 4.78 is 26.4. The van der Waals surface area contributed by atoms with E-state index in [0.717, 1.165) is 37.8 Å². The maximum atomic E-state index is 13.3. The lowest BCUT2D eigenvalue weighted by Gasteiger charge is -2.33. The molecule has 0 radical (unpaired) electrons. The Morgan fingerprint density at radius 1 is 1.04 bits per heavy atom. The van der Waals surface area contributed by atoms with Crippen LogP contribution in [0, 0.1) is 18.6 Å². The van der Waals surface area contributed by atoms with E-state index < -0.39 is 11.6 Å². The average Bonchev–Trinajstić information content (AvgIpc) is 3.00. The number of hydrogen-bond donors (Lipinski definition) is 2. The van der Waals surface area contributed by atoms with Gasteiger partial charge < -0.3 is 10.6 Å². The first kappa shape index (κ1) is 16.8. The van der Waals surface area contributed by atoms with Gasteiger partial charge in [0.25, 0.3) is 0 Å². The molecule has 0 amide bonds. The lowest BCUT2D eigenvalue weighted by atomic mass is 9.87. The van der Waals surface area contributed by atoms with Gasteiger partial charge in [0.1, 0.15) is 0 Å². The van der Waals surface area contributed by atoms with Crippen molar-refractivity contribution in [3.63, 3.8) is 0 Å². The Morgan fingerprint density at radius 2 is 1.79 bits per heavy atom. The van der Waals surface area contributed by atoms with Crippen molar-refractivity contribution in [2.75, 3.05) is 5.32 Å². The third kappa shape index (κ3) is 3.56. The Morgan fingerprint density at radius 3 is 2.46 bits per heavy atom. The molecular weight excluding hydrogens is 326 g/mol. The largest absolute Gasteiger partial charge is 0.353 e.